The zero-order chi connectivity index (χ0) is 13.8. The summed E-state index contributed by atoms with van der Waals surface area (Å²) in [6, 6.07) is 9.79. The van der Waals surface area contributed by atoms with E-state index in [4.69, 9.17) is 4.74 Å². The maximum Gasteiger partial charge on any atom is 0.160 e. The van der Waals surface area contributed by atoms with Crippen LogP contribution in [0.2, 0.25) is 0 Å². The van der Waals surface area contributed by atoms with Gasteiger partial charge in [-0.3, -0.25) is 0 Å². The largest absolute Gasteiger partial charge is 0.504 e. The summed E-state index contributed by atoms with van der Waals surface area (Å²) in [5.74, 6) is 0.299. The maximum absolute atomic E-state index is 13.0. The molecule has 19 heavy (non-hydrogen) atoms. The molecule has 0 aromatic heterocycles. The summed E-state index contributed by atoms with van der Waals surface area (Å²) in [6.45, 7) is 0.541. The van der Waals surface area contributed by atoms with Crippen molar-refractivity contribution in [1.82, 2.24) is 0 Å². The van der Waals surface area contributed by atoms with Gasteiger partial charge in [-0.2, -0.15) is 0 Å². The number of halogens is 2. The van der Waals surface area contributed by atoms with Crippen molar-refractivity contribution in [2.75, 3.05) is 12.4 Å². The Morgan fingerprint density at radius 3 is 2.68 bits per heavy atom. The fraction of sp³-hybridized carbons (Fsp3) is 0.143. The van der Waals surface area contributed by atoms with E-state index in [0.717, 1.165) is 14.8 Å². The fourth-order valence-corrected chi connectivity index (χ4v) is 2.34. The molecule has 2 aromatic rings. The van der Waals surface area contributed by atoms with Crippen LogP contribution in [0.1, 0.15) is 5.56 Å². The molecule has 2 rings (SSSR count). The molecule has 2 N–H and O–H groups in total. The van der Waals surface area contributed by atoms with Crippen LogP contribution in [0.15, 0.2) is 36.4 Å². The first-order valence-electron chi connectivity index (χ1n) is 5.65. The van der Waals surface area contributed by atoms with E-state index in [-0.39, 0.29) is 11.6 Å². The maximum atomic E-state index is 13.0. The third-order valence-corrected chi connectivity index (χ3v) is 3.55. The van der Waals surface area contributed by atoms with Gasteiger partial charge in [0, 0.05) is 15.8 Å². The summed E-state index contributed by atoms with van der Waals surface area (Å²) >= 11 is 2.07. The van der Waals surface area contributed by atoms with Gasteiger partial charge in [-0.15, -0.1) is 0 Å². The van der Waals surface area contributed by atoms with Crippen molar-refractivity contribution < 1.29 is 14.2 Å². The van der Waals surface area contributed by atoms with Crippen molar-refractivity contribution in [3.05, 3.63) is 51.3 Å². The number of aromatic hydroxyl groups is 1. The molecule has 0 radical (unpaired) electrons. The molecule has 0 bridgehead atoms. The summed E-state index contributed by atoms with van der Waals surface area (Å²) in [4.78, 5) is 0. The molecule has 0 unspecified atom stereocenters. The number of hydrogen-bond acceptors (Lipinski definition) is 3. The van der Waals surface area contributed by atoms with Crippen LogP contribution < -0.4 is 10.1 Å². The number of nitrogens with one attached hydrogen (secondary N) is 1. The van der Waals surface area contributed by atoms with E-state index in [0.29, 0.717) is 12.3 Å². The fourth-order valence-electron chi connectivity index (χ4n) is 1.68. The third-order valence-electron chi connectivity index (χ3n) is 2.66. The lowest BCUT2D eigenvalue weighted by Crippen LogP contribution is -2.01. The Bertz CT molecular complexity index is 590. The Morgan fingerprint density at radius 1 is 1.26 bits per heavy atom. The topological polar surface area (TPSA) is 41.5 Å². The smallest absolute Gasteiger partial charge is 0.160 e. The average Bonchev–Trinajstić information content (AvgIpc) is 2.38. The Balaban J connectivity index is 2.08. The van der Waals surface area contributed by atoms with Crippen molar-refractivity contribution in [2.45, 2.75) is 6.54 Å². The summed E-state index contributed by atoms with van der Waals surface area (Å²) in [7, 11) is 1.51. The van der Waals surface area contributed by atoms with Crippen molar-refractivity contribution in [3.63, 3.8) is 0 Å². The van der Waals surface area contributed by atoms with Crippen LogP contribution in [0.25, 0.3) is 0 Å². The second-order valence-electron chi connectivity index (χ2n) is 3.98. The molecule has 0 aliphatic heterocycles. The third kappa shape index (κ3) is 3.50. The molecule has 0 heterocycles. The average molecular weight is 373 g/mol. The monoisotopic (exact) mass is 373 g/mol. The highest BCUT2D eigenvalue weighted by Gasteiger charge is 2.04. The second kappa shape index (κ2) is 6.10. The number of methoxy groups -OCH3 is 1. The van der Waals surface area contributed by atoms with Gasteiger partial charge in [-0.1, -0.05) is 6.07 Å². The lowest BCUT2D eigenvalue weighted by molar-refractivity contribution is 0.373. The number of rotatable bonds is 4. The number of anilines is 1. The van der Waals surface area contributed by atoms with Gasteiger partial charge in [0.15, 0.2) is 11.5 Å². The molecule has 2 aromatic carbocycles. The first kappa shape index (κ1) is 13.9. The van der Waals surface area contributed by atoms with Gasteiger partial charge in [0.25, 0.3) is 0 Å². The molecule has 0 spiro atoms. The van der Waals surface area contributed by atoms with Crippen LogP contribution in [0, 0.1) is 9.39 Å². The van der Waals surface area contributed by atoms with Gasteiger partial charge in [-0.05, 0) is 58.5 Å². The van der Waals surface area contributed by atoms with Crippen LogP contribution in [-0.2, 0) is 6.54 Å². The van der Waals surface area contributed by atoms with E-state index >= 15 is 0 Å². The molecular formula is C14H13FINO2. The number of benzene rings is 2. The molecule has 3 nitrogen and oxygen atoms in total. The number of hydrogen-bond donors (Lipinski definition) is 2. The number of phenolic OH excluding ortho intramolecular Hbond substituents is 1. The molecular weight excluding hydrogens is 360 g/mol. The number of phenols is 1. The molecule has 0 amide bonds. The van der Waals surface area contributed by atoms with Crippen LogP contribution >= 0.6 is 22.6 Å². The van der Waals surface area contributed by atoms with E-state index in [1.165, 1.54) is 19.2 Å². The molecule has 0 aliphatic rings. The highest BCUT2D eigenvalue weighted by atomic mass is 127. The van der Waals surface area contributed by atoms with E-state index in [2.05, 4.69) is 27.9 Å². The lowest BCUT2D eigenvalue weighted by Gasteiger charge is -2.10. The lowest BCUT2D eigenvalue weighted by atomic mass is 10.2. The van der Waals surface area contributed by atoms with Gasteiger partial charge < -0.3 is 15.2 Å². The van der Waals surface area contributed by atoms with Crippen molar-refractivity contribution in [3.8, 4) is 11.5 Å². The van der Waals surface area contributed by atoms with Gasteiger partial charge in [0.2, 0.25) is 0 Å². The minimum atomic E-state index is -0.253. The summed E-state index contributed by atoms with van der Waals surface area (Å²) in [5.41, 5.74) is 1.77. The Hall–Kier alpha value is -1.50. The predicted octanol–water partition coefficient (Wildman–Crippen LogP) is 3.76. The Kier molecular flexibility index (Phi) is 4.47. The van der Waals surface area contributed by atoms with Crippen LogP contribution in [-0.4, -0.2) is 12.2 Å². The molecule has 0 saturated carbocycles. The van der Waals surface area contributed by atoms with E-state index in [1.807, 2.05) is 6.07 Å². The van der Waals surface area contributed by atoms with Crippen LogP contribution in [0.3, 0.4) is 0 Å². The highest BCUT2D eigenvalue weighted by molar-refractivity contribution is 14.1. The molecule has 5 heteroatoms. The zero-order valence-electron chi connectivity index (χ0n) is 10.3. The molecule has 0 saturated heterocycles. The van der Waals surface area contributed by atoms with E-state index in [1.54, 1.807) is 18.2 Å². The van der Waals surface area contributed by atoms with Crippen molar-refractivity contribution in [2.24, 2.45) is 0 Å². The van der Waals surface area contributed by atoms with E-state index < -0.39 is 0 Å². The molecule has 0 fully saturated rings. The Morgan fingerprint density at radius 2 is 2.05 bits per heavy atom. The minimum absolute atomic E-state index is 0.107. The molecule has 0 aliphatic carbocycles. The summed E-state index contributed by atoms with van der Waals surface area (Å²) < 4.78 is 18.8. The van der Waals surface area contributed by atoms with E-state index in [9.17, 15) is 9.50 Å². The van der Waals surface area contributed by atoms with Crippen molar-refractivity contribution in [1.29, 1.82) is 0 Å². The second-order valence-corrected chi connectivity index (χ2v) is 5.15. The van der Waals surface area contributed by atoms with Crippen molar-refractivity contribution >= 4 is 28.3 Å². The van der Waals surface area contributed by atoms with Crippen LogP contribution in [0.4, 0.5) is 10.1 Å². The first-order valence-corrected chi connectivity index (χ1v) is 6.73. The zero-order valence-corrected chi connectivity index (χ0v) is 12.4. The SMILES string of the molecule is COc1ccc(CNc2ccc(F)cc2I)cc1O. The standard InChI is InChI=1S/C14H13FINO2/c1-19-14-5-2-9(6-13(14)18)8-17-12-4-3-10(15)7-11(12)16/h2-7,17-18H,8H2,1H3. The summed E-state index contributed by atoms with van der Waals surface area (Å²) in [6.07, 6.45) is 0. The van der Waals surface area contributed by atoms with Gasteiger partial charge in [0.1, 0.15) is 5.82 Å². The molecule has 0 atom stereocenters. The highest BCUT2D eigenvalue weighted by Crippen LogP contribution is 2.27. The van der Waals surface area contributed by atoms with Gasteiger partial charge in [0.05, 0.1) is 7.11 Å². The van der Waals surface area contributed by atoms with Gasteiger partial charge in [-0.25, -0.2) is 4.39 Å². The molecule has 100 valence electrons. The normalized spacial score (nSPS) is 10.3. The summed E-state index contributed by atoms with van der Waals surface area (Å²) in [5, 5.41) is 12.9. The van der Waals surface area contributed by atoms with Crippen LogP contribution in [0.5, 0.6) is 11.5 Å². The van der Waals surface area contributed by atoms with Gasteiger partial charge >= 0.3 is 0 Å². The first-order chi connectivity index (χ1) is 9.10. The minimum Gasteiger partial charge on any atom is -0.504 e. The number of ether oxygens (including phenoxy) is 1. The quantitative estimate of drug-likeness (QED) is 0.803. The Labute approximate surface area is 124 Å². The predicted molar refractivity (Wildman–Crippen MR) is 81.1 cm³/mol.